The Balaban J connectivity index is 2.03. The number of aromatic nitrogens is 2. The van der Waals surface area contributed by atoms with Gasteiger partial charge >= 0.3 is 0 Å². The molecule has 25 heavy (non-hydrogen) atoms. The van der Waals surface area contributed by atoms with Gasteiger partial charge in [0.05, 0.1) is 0 Å². The predicted octanol–water partition coefficient (Wildman–Crippen LogP) is 3.75. The van der Waals surface area contributed by atoms with Gasteiger partial charge in [0.15, 0.2) is 5.96 Å². The van der Waals surface area contributed by atoms with Gasteiger partial charge in [0.25, 0.3) is 0 Å². The van der Waals surface area contributed by atoms with Crippen molar-refractivity contribution in [2.45, 2.75) is 26.3 Å². The van der Waals surface area contributed by atoms with Gasteiger partial charge in [-0.05, 0) is 31.9 Å². The maximum atomic E-state index is 6.00. The third-order valence-electron chi connectivity index (χ3n) is 3.51. The fraction of sp³-hybridized carbons (Fsp3) is 0.389. The highest BCUT2D eigenvalue weighted by Gasteiger charge is 2.10. The topological polar surface area (TPSA) is 66.5 Å². The first-order chi connectivity index (χ1) is 12.1. The number of aliphatic imine (C=N–C) groups is 1. The number of halogens is 1. The molecule has 0 aliphatic heterocycles. The molecule has 6 nitrogen and oxygen atoms in total. The summed E-state index contributed by atoms with van der Waals surface area (Å²) < 4.78 is 5.29. The molecule has 2 rings (SSSR count). The van der Waals surface area contributed by atoms with E-state index >= 15 is 0 Å². The monoisotopic (exact) mass is 361 g/mol. The molecule has 0 saturated heterocycles. The van der Waals surface area contributed by atoms with Crippen molar-refractivity contribution >= 4 is 17.6 Å². The van der Waals surface area contributed by atoms with E-state index in [2.05, 4.69) is 31.9 Å². The smallest absolute Gasteiger partial charge is 0.248 e. The first-order valence-electron chi connectivity index (χ1n) is 8.33. The SMILES string of the molecule is C=CCCCN(C)C(=NCc1nc(-c2cccc(Cl)c2)no1)NCC. The van der Waals surface area contributed by atoms with Crippen LogP contribution in [0.4, 0.5) is 0 Å². The lowest BCUT2D eigenvalue weighted by atomic mass is 10.2. The molecule has 0 aliphatic carbocycles. The maximum absolute atomic E-state index is 6.00. The number of benzene rings is 1. The number of allylic oxidation sites excluding steroid dienone is 1. The van der Waals surface area contributed by atoms with Crippen LogP contribution in [0.3, 0.4) is 0 Å². The molecule has 0 aliphatic rings. The van der Waals surface area contributed by atoms with E-state index in [4.69, 9.17) is 16.1 Å². The van der Waals surface area contributed by atoms with E-state index in [-0.39, 0.29) is 0 Å². The average molecular weight is 362 g/mol. The molecular formula is C18H24ClN5O. The lowest BCUT2D eigenvalue weighted by molar-refractivity contribution is 0.379. The average Bonchev–Trinajstić information content (AvgIpc) is 3.07. The summed E-state index contributed by atoms with van der Waals surface area (Å²) in [5.41, 5.74) is 0.819. The third-order valence-corrected chi connectivity index (χ3v) is 3.75. The van der Waals surface area contributed by atoms with Crippen molar-refractivity contribution in [3.05, 3.63) is 47.8 Å². The van der Waals surface area contributed by atoms with Crippen molar-refractivity contribution < 1.29 is 4.52 Å². The van der Waals surface area contributed by atoms with Gasteiger partial charge in [-0.15, -0.1) is 6.58 Å². The van der Waals surface area contributed by atoms with Crippen LogP contribution in [0.25, 0.3) is 11.4 Å². The molecule has 134 valence electrons. The van der Waals surface area contributed by atoms with Crippen molar-refractivity contribution in [2.24, 2.45) is 4.99 Å². The van der Waals surface area contributed by atoms with E-state index in [0.29, 0.717) is 23.3 Å². The van der Waals surface area contributed by atoms with E-state index in [1.165, 1.54) is 0 Å². The highest BCUT2D eigenvalue weighted by atomic mass is 35.5. The summed E-state index contributed by atoms with van der Waals surface area (Å²) in [6.07, 6.45) is 3.94. The number of rotatable bonds is 8. The van der Waals surface area contributed by atoms with Gasteiger partial charge in [0.1, 0.15) is 6.54 Å². The molecule has 1 aromatic carbocycles. The van der Waals surface area contributed by atoms with Gasteiger partial charge in [-0.3, -0.25) is 0 Å². The van der Waals surface area contributed by atoms with E-state index in [0.717, 1.165) is 37.5 Å². The zero-order valence-electron chi connectivity index (χ0n) is 14.7. The molecule has 0 unspecified atom stereocenters. The quantitative estimate of drug-likeness (QED) is 0.335. The summed E-state index contributed by atoms with van der Waals surface area (Å²) >= 11 is 6.00. The van der Waals surface area contributed by atoms with Crippen molar-refractivity contribution in [1.29, 1.82) is 0 Å². The molecule has 1 aromatic heterocycles. The number of nitrogens with zero attached hydrogens (tertiary/aromatic N) is 4. The number of hydrogen-bond donors (Lipinski definition) is 1. The zero-order chi connectivity index (χ0) is 18.1. The fourth-order valence-corrected chi connectivity index (χ4v) is 2.45. The van der Waals surface area contributed by atoms with Gasteiger partial charge in [-0.25, -0.2) is 4.99 Å². The summed E-state index contributed by atoms with van der Waals surface area (Å²) in [4.78, 5) is 11.0. The normalized spacial score (nSPS) is 11.4. The minimum Gasteiger partial charge on any atom is -0.357 e. The molecule has 0 fully saturated rings. The van der Waals surface area contributed by atoms with Gasteiger partial charge in [0, 0.05) is 30.7 Å². The van der Waals surface area contributed by atoms with Crippen LogP contribution in [0.2, 0.25) is 5.02 Å². The standard InChI is InChI=1S/C18H24ClN5O/c1-4-6-7-11-24(3)18(20-5-2)21-13-16-22-17(23-25-16)14-9-8-10-15(19)12-14/h4,8-10,12H,1,5-7,11,13H2,2-3H3,(H,20,21). The first-order valence-corrected chi connectivity index (χ1v) is 8.70. The van der Waals surface area contributed by atoms with E-state index in [1.54, 1.807) is 12.1 Å². The van der Waals surface area contributed by atoms with Crippen molar-refractivity contribution in [3.8, 4) is 11.4 Å². The van der Waals surface area contributed by atoms with Gasteiger partial charge in [0.2, 0.25) is 11.7 Å². The minimum atomic E-state index is 0.321. The molecule has 0 saturated carbocycles. The summed E-state index contributed by atoms with van der Waals surface area (Å²) in [7, 11) is 2.01. The van der Waals surface area contributed by atoms with Crippen molar-refractivity contribution in [3.63, 3.8) is 0 Å². The van der Waals surface area contributed by atoms with Crippen LogP contribution >= 0.6 is 11.6 Å². The molecular weight excluding hydrogens is 338 g/mol. The molecule has 7 heteroatoms. The molecule has 0 atom stereocenters. The second-order valence-corrected chi connectivity index (χ2v) is 5.98. The Hall–Kier alpha value is -2.34. The largest absolute Gasteiger partial charge is 0.357 e. The van der Waals surface area contributed by atoms with Gasteiger partial charge in [-0.2, -0.15) is 4.98 Å². The number of hydrogen-bond acceptors (Lipinski definition) is 4. The van der Waals surface area contributed by atoms with Gasteiger partial charge < -0.3 is 14.7 Å². The van der Waals surface area contributed by atoms with E-state index in [9.17, 15) is 0 Å². The van der Waals surface area contributed by atoms with Crippen LogP contribution in [0.15, 0.2) is 46.4 Å². The zero-order valence-corrected chi connectivity index (χ0v) is 15.5. The minimum absolute atomic E-state index is 0.321. The predicted molar refractivity (Wildman–Crippen MR) is 102 cm³/mol. The Morgan fingerprint density at radius 2 is 2.32 bits per heavy atom. The van der Waals surface area contributed by atoms with Crippen LogP contribution < -0.4 is 5.32 Å². The summed E-state index contributed by atoms with van der Waals surface area (Å²) in [6.45, 7) is 7.80. The number of unbranched alkanes of at least 4 members (excludes halogenated alkanes) is 1. The van der Waals surface area contributed by atoms with E-state index in [1.807, 2.05) is 32.2 Å². The van der Waals surface area contributed by atoms with Crippen molar-refractivity contribution in [2.75, 3.05) is 20.1 Å². The van der Waals surface area contributed by atoms with Crippen LogP contribution in [-0.2, 0) is 6.54 Å². The van der Waals surface area contributed by atoms with Crippen LogP contribution in [0.1, 0.15) is 25.7 Å². The summed E-state index contributed by atoms with van der Waals surface area (Å²) in [5, 5.41) is 7.90. The molecule has 0 radical (unpaired) electrons. The summed E-state index contributed by atoms with van der Waals surface area (Å²) in [6, 6.07) is 7.35. The molecule has 1 heterocycles. The molecule has 0 spiro atoms. The molecule has 1 N–H and O–H groups in total. The Morgan fingerprint density at radius 3 is 3.04 bits per heavy atom. The fourth-order valence-electron chi connectivity index (χ4n) is 2.25. The third kappa shape index (κ3) is 5.90. The lowest BCUT2D eigenvalue weighted by Gasteiger charge is -2.21. The van der Waals surface area contributed by atoms with Crippen LogP contribution in [0.5, 0.6) is 0 Å². The number of nitrogens with one attached hydrogen (secondary N) is 1. The Morgan fingerprint density at radius 1 is 1.48 bits per heavy atom. The second kappa shape index (κ2) is 9.84. The Labute approximate surface area is 153 Å². The molecule has 2 aromatic rings. The Kier molecular flexibility index (Phi) is 7.47. The highest BCUT2D eigenvalue weighted by molar-refractivity contribution is 6.30. The van der Waals surface area contributed by atoms with Crippen molar-refractivity contribution in [1.82, 2.24) is 20.4 Å². The van der Waals surface area contributed by atoms with E-state index < -0.39 is 0 Å². The first kappa shape index (κ1) is 19.0. The lowest BCUT2D eigenvalue weighted by Crippen LogP contribution is -2.39. The molecule has 0 amide bonds. The molecule has 0 bridgehead atoms. The van der Waals surface area contributed by atoms with Gasteiger partial charge in [-0.1, -0.05) is 35.0 Å². The van der Waals surface area contributed by atoms with Crippen LogP contribution in [-0.4, -0.2) is 41.1 Å². The maximum Gasteiger partial charge on any atom is 0.248 e. The Bertz CT molecular complexity index is 713. The number of guanidine groups is 1. The highest BCUT2D eigenvalue weighted by Crippen LogP contribution is 2.20. The van der Waals surface area contributed by atoms with Crippen LogP contribution in [0, 0.1) is 0 Å². The summed E-state index contributed by atoms with van der Waals surface area (Å²) in [5.74, 6) is 1.79. The second-order valence-electron chi connectivity index (χ2n) is 5.54.